The zero-order valence-corrected chi connectivity index (χ0v) is 12.2. The molecule has 8 heteroatoms. The normalized spacial score (nSPS) is 13.1. The average Bonchev–Trinajstić information content (AvgIpc) is 2.36. The average molecular weight is 316 g/mol. The van der Waals surface area contributed by atoms with Gasteiger partial charge in [0.2, 0.25) is 0 Å². The summed E-state index contributed by atoms with van der Waals surface area (Å²) in [7, 11) is 0. The molecule has 0 fully saturated rings. The fourth-order valence-electron chi connectivity index (χ4n) is 1.69. The summed E-state index contributed by atoms with van der Waals surface area (Å²) in [4.78, 5) is 32.6. The van der Waals surface area contributed by atoms with Gasteiger partial charge in [-0.3, -0.25) is 19.7 Å². The number of nitro groups is 1. The predicted molar refractivity (Wildman–Crippen MR) is 73.4 cm³/mol. The van der Waals surface area contributed by atoms with Gasteiger partial charge in [0, 0.05) is 29.4 Å². The molecule has 0 saturated carbocycles. The van der Waals surface area contributed by atoms with Crippen LogP contribution in [0, 0.1) is 10.1 Å². The number of rotatable bonds is 6. The Morgan fingerprint density at radius 2 is 2.00 bits per heavy atom. The summed E-state index contributed by atoms with van der Waals surface area (Å²) < 4.78 is 9.69. The van der Waals surface area contributed by atoms with Crippen molar-refractivity contribution in [3.8, 4) is 0 Å². The number of hydrogen-bond donors (Lipinski definition) is 0. The maximum atomic E-state index is 11.2. The number of nitrogens with zero attached hydrogens (tertiary/aromatic N) is 1. The highest BCUT2D eigenvalue weighted by atomic mass is 35.5. The second-order valence-electron chi connectivity index (χ2n) is 4.24. The van der Waals surface area contributed by atoms with Gasteiger partial charge in [-0.1, -0.05) is 23.7 Å². The molecule has 0 heterocycles. The lowest BCUT2D eigenvalue weighted by atomic mass is 10.0. The van der Waals surface area contributed by atoms with Crippen LogP contribution in [0.1, 0.15) is 25.5 Å². The van der Waals surface area contributed by atoms with E-state index in [0.29, 0.717) is 10.6 Å². The molecule has 0 radical (unpaired) electrons. The largest absolute Gasteiger partial charge is 0.458 e. The fourth-order valence-corrected chi connectivity index (χ4v) is 1.89. The quantitative estimate of drug-likeness (QED) is 0.453. The predicted octanol–water partition coefficient (Wildman–Crippen LogP) is 2.15. The van der Waals surface area contributed by atoms with E-state index in [1.165, 1.54) is 6.07 Å². The van der Waals surface area contributed by atoms with Gasteiger partial charge < -0.3 is 9.47 Å². The number of halogens is 1. The van der Waals surface area contributed by atoms with E-state index < -0.39 is 35.6 Å². The first-order chi connectivity index (χ1) is 9.81. The van der Waals surface area contributed by atoms with Crippen molar-refractivity contribution in [1.29, 1.82) is 0 Å². The molecular weight excluding hydrogens is 302 g/mol. The molecule has 7 nitrogen and oxygen atoms in total. The fraction of sp³-hybridized carbons (Fsp3) is 0.385. The zero-order chi connectivity index (χ0) is 16.0. The van der Waals surface area contributed by atoms with Crippen LogP contribution < -0.4 is 0 Å². The van der Waals surface area contributed by atoms with E-state index in [1.807, 2.05) is 0 Å². The lowest BCUT2D eigenvalue weighted by molar-refractivity contribution is -0.538. The summed E-state index contributed by atoms with van der Waals surface area (Å²) in [5, 5.41) is 11.5. The molecule has 0 aliphatic rings. The van der Waals surface area contributed by atoms with E-state index in [0.717, 1.165) is 13.8 Å². The third-order valence-electron chi connectivity index (χ3n) is 2.55. The Morgan fingerprint density at radius 3 is 2.48 bits per heavy atom. The number of carbonyl (C=O) groups excluding carboxylic acids is 2. The Balaban J connectivity index is 3.10. The standard InChI is InChI=1S/C13H14ClNO6/c1-8(16)20-7-12(15(18)19)13(21-9(2)17)10-4-3-5-11(14)6-10/h3-6,12-13H,7H2,1-2H3. The minimum absolute atomic E-state index is 0.347. The summed E-state index contributed by atoms with van der Waals surface area (Å²) in [6.45, 7) is 1.77. The third-order valence-corrected chi connectivity index (χ3v) is 2.78. The van der Waals surface area contributed by atoms with Gasteiger partial charge in [0.15, 0.2) is 12.7 Å². The lowest BCUT2D eigenvalue weighted by Crippen LogP contribution is -2.35. The number of benzene rings is 1. The maximum absolute atomic E-state index is 11.2. The molecule has 21 heavy (non-hydrogen) atoms. The van der Waals surface area contributed by atoms with E-state index >= 15 is 0 Å². The number of carbonyl (C=O) groups is 2. The highest BCUT2D eigenvalue weighted by Crippen LogP contribution is 2.26. The van der Waals surface area contributed by atoms with Gasteiger partial charge in [-0.2, -0.15) is 0 Å². The van der Waals surface area contributed by atoms with Gasteiger partial charge in [0.05, 0.1) is 0 Å². The lowest BCUT2D eigenvalue weighted by Gasteiger charge is -2.21. The molecule has 0 bridgehead atoms. The Labute approximate surface area is 125 Å². The summed E-state index contributed by atoms with van der Waals surface area (Å²) in [5.74, 6) is -1.34. The first kappa shape index (κ1) is 16.9. The first-order valence-electron chi connectivity index (χ1n) is 6.00. The van der Waals surface area contributed by atoms with E-state index in [9.17, 15) is 19.7 Å². The number of ether oxygens (including phenoxy) is 2. The molecular formula is C13H14ClNO6. The summed E-state index contributed by atoms with van der Waals surface area (Å²) in [6, 6.07) is 4.75. The molecule has 2 atom stereocenters. The van der Waals surface area contributed by atoms with Crippen LogP contribution in [-0.4, -0.2) is 29.5 Å². The van der Waals surface area contributed by atoms with Crippen molar-refractivity contribution in [2.24, 2.45) is 0 Å². The van der Waals surface area contributed by atoms with Crippen molar-refractivity contribution in [1.82, 2.24) is 0 Å². The number of esters is 2. The van der Waals surface area contributed by atoms with E-state index in [1.54, 1.807) is 18.2 Å². The number of hydrogen-bond acceptors (Lipinski definition) is 6. The smallest absolute Gasteiger partial charge is 0.303 e. The second kappa shape index (κ2) is 7.58. The molecule has 0 amide bonds. The van der Waals surface area contributed by atoms with Crippen LogP contribution in [0.25, 0.3) is 0 Å². The van der Waals surface area contributed by atoms with Crippen LogP contribution in [0.4, 0.5) is 0 Å². The Bertz CT molecular complexity index is 547. The molecule has 0 saturated heterocycles. The highest BCUT2D eigenvalue weighted by Gasteiger charge is 2.36. The minimum Gasteiger partial charge on any atom is -0.458 e. The first-order valence-corrected chi connectivity index (χ1v) is 6.38. The van der Waals surface area contributed by atoms with Crippen LogP contribution in [0.15, 0.2) is 24.3 Å². The summed E-state index contributed by atoms with van der Waals surface area (Å²) in [6.07, 6.45) is -1.20. The van der Waals surface area contributed by atoms with Crippen molar-refractivity contribution < 1.29 is 24.0 Å². The van der Waals surface area contributed by atoms with Crippen LogP contribution in [0.2, 0.25) is 5.02 Å². The molecule has 0 aliphatic carbocycles. The monoisotopic (exact) mass is 315 g/mol. The Kier molecular flexibility index (Phi) is 6.10. The van der Waals surface area contributed by atoms with Gasteiger partial charge >= 0.3 is 11.9 Å². The maximum Gasteiger partial charge on any atom is 0.303 e. The van der Waals surface area contributed by atoms with E-state index in [2.05, 4.69) is 4.74 Å². The van der Waals surface area contributed by atoms with Gasteiger partial charge in [-0.05, 0) is 12.1 Å². The second-order valence-corrected chi connectivity index (χ2v) is 4.68. The van der Waals surface area contributed by atoms with Crippen molar-refractivity contribution in [2.45, 2.75) is 26.0 Å². The van der Waals surface area contributed by atoms with E-state index in [-0.39, 0.29) is 0 Å². The van der Waals surface area contributed by atoms with Crippen LogP contribution >= 0.6 is 11.6 Å². The molecule has 0 spiro atoms. The van der Waals surface area contributed by atoms with Gasteiger partial charge in [-0.25, -0.2) is 0 Å². The topological polar surface area (TPSA) is 95.7 Å². The summed E-state index contributed by atoms with van der Waals surface area (Å²) in [5.41, 5.74) is 0.353. The minimum atomic E-state index is -1.42. The molecule has 1 aromatic carbocycles. The molecule has 0 N–H and O–H groups in total. The van der Waals surface area contributed by atoms with Gasteiger partial charge in [0.1, 0.15) is 0 Å². The van der Waals surface area contributed by atoms with Crippen LogP contribution in [0.3, 0.4) is 0 Å². The SMILES string of the molecule is CC(=O)OCC(C(OC(C)=O)c1cccc(Cl)c1)[N+](=O)[O-]. The Morgan fingerprint density at radius 1 is 1.33 bits per heavy atom. The highest BCUT2D eigenvalue weighted by molar-refractivity contribution is 6.30. The van der Waals surface area contributed by atoms with E-state index in [4.69, 9.17) is 16.3 Å². The van der Waals surface area contributed by atoms with Gasteiger partial charge in [-0.15, -0.1) is 0 Å². The van der Waals surface area contributed by atoms with Crippen molar-refractivity contribution in [2.75, 3.05) is 6.61 Å². The zero-order valence-electron chi connectivity index (χ0n) is 11.4. The molecule has 0 aromatic heterocycles. The Hall–Kier alpha value is -2.15. The summed E-state index contributed by atoms with van der Waals surface area (Å²) >= 11 is 5.84. The van der Waals surface area contributed by atoms with Crippen molar-refractivity contribution >= 4 is 23.5 Å². The molecule has 1 rings (SSSR count). The van der Waals surface area contributed by atoms with Crippen LogP contribution in [0.5, 0.6) is 0 Å². The van der Waals surface area contributed by atoms with Gasteiger partial charge in [0.25, 0.3) is 6.04 Å². The van der Waals surface area contributed by atoms with Crippen molar-refractivity contribution in [3.05, 3.63) is 45.0 Å². The molecule has 114 valence electrons. The van der Waals surface area contributed by atoms with Crippen molar-refractivity contribution in [3.63, 3.8) is 0 Å². The molecule has 0 aliphatic heterocycles. The molecule has 2 unspecified atom stereocenters. The molecule has 1 aromatic rings. The van der Waals surface area contributed by atoms with Crippen LogP contribution in [-0.2, 0) is 19.1 Å². The third kappa shape index (κ3) is 5.39.